The maximum Gasteiger partial charge on any atom is 0.194 e. The molecule has 1 N–H and O–H groups in total. The van der Waals surface area contributed by atoms with Crippen LogP contribution in [0.25, 0.3) is 11.3 Å². The van der Waals surface area contributed by atoms with E-state index in [0.29, 0.717) is 0 Å². The Morgan fingerprint density at radius 1 is 1.40 bits per heavy atom. The average Bonchev–Trinajstić information content (AvgIpc) is 3.00. The van der Waals surface area contributed by atoms with Crippen molar-refractivity contribution in [2.45, 2.75) is 19.8 Å². The van der Waals surface area contributed by atoms with Gasteiger partial charge in [0.2, 0.25) is 0 Å². The van der Waals surface area contributed by atoms with Gasteiger partial charge in [0.1, 0.15) is 0 Å². The van der Waals surface area contributed by atoms with Gasteiger partial charge in [0.25, 0.3) is 0 Å². The molecule has 0 fully saturated rings. The van der Waals surface area contributed by atoms with Gasteiger partial charge in [-0.3, -0.25) is 4.68 Å². The number of hydrogen-bond acceptors (Lipinski definition) is 5. The van der Waals surface area contributed by atoms with Gasteiger partial charge < -0.3 is 14.5 Å². The number of ether oxygens (including phenoxy) is 1. The lowest BCUT2D eigenvalue weighted by molar-refractivity contribution is 0.199. The molecule has 110 valence electrons. The van der Waals surface area contributed by atoms with Crippen molar-refractivity contribution in [1.29, 1.82) is 0 Å². The largest absolute Gasteiger partial charge is 0.441 e. The molecule has 0 saturated carbocycles. The van der Waals surface area contributed by atoms with E-state index in [1.54, 1.807) is 18.0 Å². The molecule has 0 atom stereocenters. The Balaban J connectivity index is 1.82. The molecule has 2 aromatic rings. The number of rotatable bonds is 8. The van der Waals surface area contributed by atoms with Gasteiger partial charge in [-0.2, -0.15) is 5.10 Å². The van der Waals surface area contributed by atoms with Gasteiger partial charge in [-0.15, -0.1) is 0 Å². The predicted octanol–water partition coefficient (Wildman–Crippen LogP) is 1.55. The molecule has 2 aromatic heterocycles. The average molecular weight is 278 g/mol. The maximum absolute atomic E-state index is 5.77. The SMILES string of the molecule is COCCNCCCc1ncc(-c2cn(C)nc2C)o1. The summed E-state index contributed by atoms with van der Waals surface area (Å²) >= 11 is 0. The van der Waals surface area contributed by atoms with Gasteiger partial charge >= 0.3 is 0 Å². The second-order valence-electron chi connectivity index (χ2n) is 4.77. The van der Waals surface area contributed by atoms with Crippen LogP contribution in [0.3, 0.4) is 0 Å². The number of aromatic nitrogens is 3. The second kappa shape index (κ2) is 7.21. The van der Waals surface area contributed by atoms with E-state index in [0.717, 1.165) is 55.4 Å². The molecule has 0 unspecified atom stereocenters. The fourth-order valence-electron chi connectivity index (χ4n) is 2.06. The summed E-state index contributed by atoms with van der Waals surface area (Å²) in [6, 6.07) is 0. The van der Waals surface area contributed by atoms with Gasteiger partial charge in [0.05, 0.1) is 24.1 Å². The highest BCUT2D eigenvalue weighted by Gasteiger charge is 2.11. The van der Waals surface area contributed by atoms with Crippen LogP contribution >= 0.6 is 0 Å². The third kappa shape index (κ3) is 3.91. The van der Waals surface area contributed by atoms with E-state index < -0.39 is 0 Å². The zero-order valence-corrected chi connectivity index (χ0v) is 12.3. The minimum Gasteiger partial charge on any atom is -0.441 e. The molecule has 0 amide bonds. The molecule has 0 aromatic carbocycles. The molecule has 0 bridgehead atoms. The predicted molar refractivity (Wildman–Crippen MR) is 76.5 cm³/mol. The van der Waals surface area contributed by atoms with Crippen LogP contribution in [0.1, 0.15) is 18.0 Å². The molecule has 6 nitrogen and oxygen atoms in total. The first kappa shape index (κ1) is 14.7. The molecule has 0 aliphatic rings. The van der Waals surface area contributed by atoms with E-state index in [1.807, 2.05) is 20.2 Å². The summed E-state index contributed by atoms with van der Waals surface area (Å²) in [5, 5.41) is 7.61. The Morgan fingerprint density at radius 3 is 2.95 bits per heavy atom. The van der Waals surface area contributed by atoms with Crippen LogP contribution in [-0.2, 0) is 18.2 Å². The van der Waals surface area contributed by atoms with Gasteiger partial charge in [-0.05, 0) is 19.9 Å². The van der Waals surface area contributed by atoms with Crippen molar-refractivity contribution < 1.29 is 9.15 Å². The summed E-state index contributed by atoms with van der Waals surface area (Å²) < 4.78 is 12.5. The lowest BCUT2D eigenvalue weighted by Crippen LogP contribution is -2.20. The van der Waals surface area contributed by atoms with Crippen LogP contribution in [0.4, 0.5) is 0 Å². The summed E-state index contributed by atoms with van der Waals surface area (Å²) in [5.41, 5.74) is 1.96. The van der Waals surface area contributed by atoms with E-state index in [4.69, 9.17) is 9.15 Å². The van der Waals surface area contributed by atoms with Crippen LogP contribution in [-0.4, -0.2) is 41.6 Å². The molecule has 0 radical (unpaired) electrons. The van der Waals surface area contributed by atoms with Crippen molar-refractivity contribution in [3.63, 3.8) is 0 Å². The van der Waals surface area contributed by atoms with E-state index in [1.165, 1.54) is 0 Å². The minimum absolute atomic E-state index is 0.740. The van der Waals surface area contributed by atoms with Crippen molar-refractivity contribution >= 4 is 0 Å². The fourth-order valence-corrected chi connectivity index (χ4v) is 2.06. The molecular weight excluding hydrogens is 256 g/mol. The fraction of sp³-hybridized carbons (Fsp3) is 0.571. The number of nitrogens with zero attached hydrogens (tertiary/aromatic N) is 3. The van der Waals surface area contributed by atoms with Crippen molar-refractivity contribution in [2.75, 3.05) is 26.8 Å². The lowest BCUT2D eigenvalue weighted by atomic mass is 10.2. The summed E-state index contributed by atoms with van der Waals surface area (Å²) in [7, 11) is 3.61. The van der Waals surface area contributed by atoms with E-state index >= 15 is 0 Å². The van der Waals surface area contributed by atoms with Crippen LogP contribution in [0.15, 0.2) is 16.8 Å². The molecular formula is C14H22N4O2. The van der Waals surface area contributed by atoms with Crippen molar-refractivity contribution in [3.8, 4) is 11.3 Å². The Labute approximate surface area is 119 Å². The van der Waals surface area contributed by atoms with Crippen molar-refractivity contribution in [1.82, 2.24) is 20.1 Å². The molecule has 0 saturated heterocycles. The van der Waals surface area contributed by atoms with E-state index in [9.17, 15) is 0 Å². The third-order valence-corrected chi connectivity index (χ3v) is 3.06. The Hall–Kier alpha value is -1.66. The van der Waals surface area contributed by atoms with Crippen LogP contribution in [0, 0.1) is 6.92 Å². The summed E-state index contributed by atoms with van der Waals surface area (Å²) in [6.07, 6.45) is 5.55. The van der Waals surface area contributed by atoms with Gasteiger partial charge in [0, 0.05) is 33.3 Å². The monoisotopic (exact) mass is 278 g/mol. The van der Waals surface area contributed by atoms with Gasteiger partial charge in [-0.25, -0.2) is 4.98 Å². The minimum atomic E-state index is 0.740. The van der Waals surface area contributed by atoms with E-state index in [-0.39, 0.29) is 0 Å². The number of hydrogen-bond donors (Lipinski definition) is 1. The summed E-state index contributed by atoms with van der Waals surface area (Å²) in [6.45, 7) is 4.52. The highest BCUT2D eigenvalue weighted by Crippen LogP contribution is 2.23. The molecule has 20 heavy (non-hydrogen) atoms. The smallest absolute Gasteiger partial charge is 0.194 e. The first-order chi connectivity index (χ1) is 9.70. The van der Waals surface area contributed by atoms with Crippen molar-refractivity contribution in [3.05, 3.63) is 24.0 Å². The summed E-state index contributed by atoms with van der Waals surface area (Å²) in [4.78, 5) is 4.32. The van der Waals surface area contributed by atoms with Crippen LogP contribution in [0.5, 0.6) is 0 Å². The Morgan fingerprint density at radius 2 is 2.25 bits per heavy atom. The second-order valence-corrected chi connectivity index (χ2v) is 4.77. The normalized spacial score (nSPS) is 11.2. The number of nitrogens with one attached hydrogen (secondary N) is 1. The molecule has 0 spiro atoms. The molecule has 0 aliphatic heterocycles. The summed E-state index contributed by atoms with van der Waals surface area (Å²) in [5.74, 6) is 1.56. The first-order valence-electron chi connectivity index (χ1n) is 6.85. The number of oxazole rings is 1. The number of aryl methyl sites for hydroxylation is 3. The van der Waals surface area contributed by atoms with Crippen LogP contribution < -0.4 is 5.32 Å². The quantitative estimate of drug-likeness (QED) is 0.742. The molecule has 0 aliphatic carbocycles. The zero-order valence-electron chi connectivity index (χ0n) is 12.3. The standard InChI is InChI=1S/C14H22N4O2/c1-11-12(10-18(2)17-11)13-9-16-14(20-13)5-4-6-15-7-8-19-3/h9-10,15H,4-8H2,1-3H3. The zero-order chi connectivity index (χ0) is 14.4. The first-order valence-corrected chi connectivity index (χ1v) is 6.85. The van der Waals surface area contributed by atoms with Crippen molar-refractivity contribution in [2.24, 2.45) is 7.05 Å². The van der Waals surface area contributed by atoms with Gasteiger partial charge in [0.15, 0.2) is 11.7 Å². The number of methoxy groups -OCH3 is 1. The Kier molecular flexibility index (Phi) is 5.31. The topological polar surface area (TPSA) is 65.1 Å². The maximum atomic E-state index is 5.77. The highest BCUT2D eigenvalue weighted by molar-refractivity contribution is 5.58. The Bertz CT molecular complexity index is 533. The van der Waals surface area contributed by atoms with E-state index in [2.05, 4.69) is 15.4 Å². The highest BCUT2D eigenvalue weighted by atomic mass is 16.5. The van der Waals surface area contributed by atoms with Crippen LogP contribution in [0.2, 0.25) is 0 Å². The lowest BCUT2D eigenvalue weighted by Gasteiger charge is -2.01. The third-order valence-electron chi connectivity index (χ3n) is 3.06. The van der Waals surface area contributed by atoms with Gasteiger partial charge in [-0.1, -0.05) is 0 Å². The molecule has 2 heterocycles. The molecule has 2 rings (SSSR count). The molecule has 6 heteroatoms.